The number of piperidine rings is 1. The molecule has 1 saturated carbocycles. The third-order valence-electron chi connectivity index (χ3n) is 5.98. The average molecular weight is 424 g/mol. The van der Waals surface area contributed by atoms with Crippen LogP contribution in [-0.4, -0.2) is 55.9 Å². The van der Waals surface area contributed by atoms with Gasteiger partial charge >= 0.3 is 0 Å². The molecule has 1 aliphatic carbocycles. The molecule has 0 atom stereocenters. The van der Waals surface area contributed by atoms with Gasteiger partial charge in [0.1, 0.15) is 5.82 Å². The number of benzene rings is 1. The molecular formula is C25H34FN5. The van der Waals surface area contributed by atoms with E-state index in [1.54, 1.807) is 18.3 Å². The van der Waals surface area contributed by atoms with Crippen molar-refractivity contribution in [1.29, 1.82) is 0 Å². The van der Waals surface area contributed by atoms with Gasteiger partial charge in [0.25, 0.3) is 0 Å². The molecular weight excluding hydrogens is 389 g/mol. The summed E-state index contributed by atoms with van der Waals surface area (Å²) < 4.78 is 14.1. The summed E-state index contributed by atoms with van der Waals surface area (Å²) in [5.41, 5.74) is 4.28. The Morgan fingerprint density at radius 1 is 1.23 bits per heavy atom. The molecule has 31 heavy (non-hydrogen) atoms. The number of aliphatic imine (C=N–C) groups is 3. The zero-order chi connectivity index (χ0) is 22.2. The van der Waals surface area contributed by atoms with Crippen LogP contribution in [0.25, 0.3) is 5.70 Å². The van der Waals surface area contributed by atoms with Crippen LogP contribution in [0.3, 0.4) is 0 Å². The molecule has 0 aromatic heterocycles. The molecule has 2 fully saturated rings. The molecule has 3 rings (SSSR count). The minimum absolute atomic E-state index is 0.271. The van der Waals surface area contributed by atoms with E-state index >= 15 is 0 Å². The molecule has 1 heterocycles. The van der Waals surface area contributed by atoms with Gasteiger partial charge < -0.3 is 4.90 Å². The highest BCUT2D eigenvalue weighted by atomic mass is 19.1. The molecule has 1 aromatic carbocycles. The fourth-order valence-electron chi connectivity index (χ4n) is 3.78. The summed E-state index contributed by atoms with van der Waals surface area (Å²) in [4.78, 5) is 16.0. The third kappa shape index (κ3) is 7.04. The fourth-order valence-corrected chi connectivity index (χ4v) is 3.78. The zero-order valence-corrected chi connectivity index (χ0v) is 18.9. The lowest BCUT2D eigenvalue weighted by Crippen LogP contribution is -2.32. The van der Waals surface area contributed by atoms with E-state index in [9.17, 15) is 4.39 Å². The molecule has 0 amide bonds. The lowest BCUT2D eigenvalue weighted by atomic mass is 9.92. The first kappa shape index (κ1) is 23.2. The van der Waals surface area contributed by atoms with Gasteiger partial charge in [0.15, 0.2) is 0 Å². The van der Waals surface area contributed by atoms with Crippen LogP contribution in [0, 0.1) is 11.7 Å². The summed E-state index contributed by atoms with van der Waals surface area (Å²) in [7, 11) is 2.16. The molecule has 0 unspecified atom stereocenters. The van der Waals surface area contributed by atoms with Gasteiger partial charge in [0.2, 0.25) is 0 Å². The SMILES string of the molecule is C=N\C=C/C(=N\CNC1CC1)C(/C)=C(/N=C(C)C1CCN(C)CC1)c1cccc(F)c1. The van der Waals surface area contributed by atoms with Gasteiger partial charge in [0.05, 0.1) is 18.1 Å². The lowest BCUT2D eigenvalue weighted by Gasteiger charge is -2.29. The van der Waals surface area contributed by atoms with E-state index in [0.717, 1.165) is 54.2 Å². The van der Waals surface area contributed by atoms with Gasteiger partial charge in [-0.15, -0.1) is 0 Å². The van der Waals surface area contributed by atoms with Crippen LogP contribution in [0.1, 0.15) is 45.1 Å². The van der Waals surface area contributed by atoms with Crippen LogP contribution >= 0.6 is 0 Å². The number of nitrogens with one attached hydrogen (secondary N) is 1. The molecule has 1 N–H and O–H groups in total. The highest BCUT2D eigenvalue weighted by Crippen LogP contribution is 2.26. The van der Waals surface area contributed by atoms with Crippen LogP contribution in [0.4, 0.5) is 4.39 Å². The summed E-state index contributed by atoms with van der Waals surface area (Å²) in [6.45, 7) is 10.3. The normalized spacial score (nSPS) is 20.3. The van der Waals surface area contributed by atoms with Crippen molar-refractivity contribution in [1.82, 2.24) is 10.2 Å². The number of hydrogen-bond donors (Lipinski definition) is 1. The van der Waals surface area contributed by atoms with Crippen LogP contribution in [0.2, 0.25) is 0 Å². The summed E-state index contributed by atoms with van der Waals surface area (Å²) in [6.07, 6.45) is 8.07. The van der Waals surface area contributed by atoms with E-state index in [1.165, 1.54) is 18.9 Å². The number of likely N-dealkylation sites (tertiary alicyclic amines) is 1. The first-order valence-electron chi connectivity index (χ1n) is 11.1. The Hall–Kier alpha value is -2.44. The molecule has 1 aliphatic heterocycles. The van der Waals surface area contributed by atoms with Crippen molar-refractivity contribution >= 4 is 23.8 Å². The number of hydrogen-bond acceptors (Lipinski definition) is 5. The van der Waals surface area contributed by atoms with E-state index in [1.807, 2.05) is 19.1 Å². The molecule has 1 aromatic rings. The Morgan fingerprint density at radius 2 is 1.97 bits per heavy atom. The maximum Gasteiger partial charge on any atom is 0.123 e. The van der Waals surface area contributed by atoms with Gasteiger partial charge in [-0.3, -0.25) is 20.3 Å². The average Bonchev–Trinajstić information content (AvgIpc) is 3.58. The summed E-state index contributed by atoms with van der Waals surface area (Å²) in [6, 6.07) is 7.21. The summed E-state index contributed by atoms with van der Waals surface area (Å²) >= 11 is 0. The molecule has 6 heteroatoms. The Balaban J connectivity index is 1.99. The van der Waals surface area contributed by atoms with Gasteiger partial charge in [-0.2, -0.15) is 0 Å². The maximum absolute atomic E-state index is 14.1. The van der Waals surface area contributed by atoms with Crippen LogP contribution in [0.5, 0.6) is 0 Å². The van der Waals surface area contributed by atoms with Crippen LogP contribution < -0.4 is 5.32 Å². The summed E-state index contributed by atoms with van der Waals surface area (Å²) in [5, 5.41) is 3.41. The first-order valence-corrected chi connectivity index (χ1v) is 11.1. The van der Waals surface area contributed by atoms with Crippen molar-refractivity contribution in [2.75, 3.05) is 26.8 Å². The van der Waals surface area contributed by atoms with Gasteiger partial charge in [-0.1, -0.05) is 12.1 Å². The second kappa shape index (κ2) is 11.3. The van der Waals surface area contributed by atoms with Crippen molar-refractivity contribution in [2.24, 2.45) is 20.9 Å². The van der Waals surface area contributed by atoms with Crippen molar-refractivity contribution in [3.05, 3.63) is 53.5 Å². The molecule has 0 spiro atoms. The monoisotopic (exact) mass is 423 g/mol. The predicted octanol–water partition coefficient (Wildman–Crippen LogP) is 4.72. The van der Waals surface area contributed by atoms with E-state index in [0.29, 0.717) is 18.6 Å². The van der Waals surface area contributed by atoms with Crippen molar-refractivity contribution < 1.29 is 4.39 Å². The number of halogens is 1. The summed E-state index contributed by atoms with van der Waals surface area (Å²) in [5.74, 6) is 0.169. The zero-order valence-electron chi connectivity index (χ0n) is 18.9. The van der Waals surface area contributed by atoms with Crippen LogP contribution in [-0.2, 0) is 0 Å². The highest BCUT2D eigenvalue weighted by Gasteiger charge is 2.21. The molecule has 0 radical (unpaired) electrons. The van der Waals surface area contributed by atoms with Crippen molar-refractivity contribution in [3.63, 3.8) is 0 Å². The second-order valence-electron chi connectivity index (χ2n) is 8.49. The van der Waals surface area contributed by atoms with E-state index in [4.69, 9.17) is 9.98 Å². The number of allylic oxidation sites excluding steroid dienone is 2. The van der Waals surface area contributed by atoms with E-state index in [-0.39, 0.29) is 5.82 Å². The standard InChI is InChI=1S/C25H34FN5/c1-18(24(10-13-27-3)29-17-28-23-8-9-23)25(21-6-5-7-22(26)16-21)30-19(2)20-11-14-31(4)15-12-20/h5-7,10,13,16,20,23,28H,3,8-9,11-12,14-15,17H2,1-2,4H3/b13-10-,25-18+,29-24+,30-19?. The number of nitrogens with zero attached hydrogens (tertiary/aromatic N) is 4. The topological polar surface area (TPSA) is 52.4 Å². The van der Waals surface area contributed by atoms with E-state index in [2.05, 4.69) is 35.9 Å². The minimum Gasteiger partial charge on any atom is -0.306 e. The Kier molecular flexibility index (Phi) is 8.43. The Labute approximate surface area is 185 Å². The maximum atomic E-state index is 14.1. The third-order valence-corrected chi connectivity index (χ3v) is 5.98. The number of rotatable bonds is 9. The smallest absolute Gasteiger partial charge is 0.123 e. The van der Waals surface area contributed by atoms with Crippen LogP contribution in [0.15, 0.2) is 57.1 Å². The van der Waals surface area contributed by atoms with Gasteiger partial charge in [-0.05, 0) is 90.5 Å². The largest absolute Gasteiger partial charge is 0.306 e. The molecule has 2 aliphatic rings. The van der Waals surface area contributed by atoms with Gasteiger partial charge in [0, 0.05) is 29.1 Å². The predicted molar refractivity (Wildman–Crippen MR) is 129 cm³/mol. The Morgan fingerprint density at radius 3 is 2.61 bits per heavy atom. The molecule has 0 bridgehead atoms. The minimum atomic E-state index is -0.271. The lowest BCUT2D eigenvalue weighted by molar-refractivity contribution is 0.252. The van der Waals surface area contributed by atoms with Crippen molar-refractivity contribution in [2.45, 2.75) is 45.6 Å². The molecule has 166 valence electrons. The first-order chi connectivity index (χ1) is 15.0. The second-order valence-corrected chi connectivity index (χ2v) is 8.49. The van der Waals surface area contributed by atoms with Crippen molar-refractivity contribution in [3.8, 4) is 0 Å². The Bertz CT molecular complexity index is 887. The molecule has 5 nitrogen and oxygen atoms in total. The quantitative estimate of drug-likeness (QED) is 0.584. The highest BCUT2D eigenvalue weighted by molar-refractivity contribution is 6.13. The fraction of sp³-hybridized carbons (Fsp3) is 0.480. The molecule has 1 saturated heterocycles. The van der Waals surface area contributed by atoms with E-state index < -0.39 is 0 Å². The van der Waals surface area contributed by atoms with Gasteiger partial charge in [-0.25, -0.2) is 4.39 Å².